The monoisotopic (exact) mass is 510 g/mol. The van der Waals surface area contributed by atoms with Gasteiger partial charge in [-0.25, -0.2) is 0 Å². The average Bonchev–Trinajstić information content (AvgIpc) is 2.81. The van der Waals surface area contributed by atoms with Gasteiger partial charge < -0.3 is 40.9 Å². The summed E-state index contributed by atoms with van der Waals surface area (Å²) in [5, 5.41) is 76.0. The fraction of sp³-hybridized carbons (Fsp3) is 1.00. The maximum absolute atomic E-state index is 10.1. The minimum atomic E-state index is -1.27. The zero-order valence-corrected chi connectivity index (χ0v) is 23.4. The molecule has 0 amide bonds. The summed E-state index contributed by atoms with van der Waals surface area (Å²) in [7, 11) is 0. The first-order valence-corrected chi connectivity index (χ1v) is 13.5. The minimum absolute atomic E-state index is 0.0129. The van der Waals surface area contributed by atoms with Crippen molar-refractivity contribution in [3.05, 3.63) is 0 Å². The van der Waals surface area contributed by atoms with Gasteiger partial charge in [0.15, 0.2) is 0 Å². The predicted octanol–water partition coefficient (Wildman–Crippen LogP) is 2.36. The Morgan fingerprint density at radius 3 is 1.29 bits per heavy atom. The number of rotatable bonds is 18. The molecule has 0 aliphatic carbocycles. The molecule has 0 saturated heterocycles. The fourth-order valence-corrected chi connectivity index (χ4v) is 4.92. The average molecular weight is 511 g/mol. The zero-order chi connectivity index (χ0) is 27.8. The molecule has 8 heteroatoms. The van der Waals surface area contributed by atoms with Crippen molar-refractivity contribution in [2.45, 2.75) is 143 Å². The first kappa shape index (κ1) is 36.8. The first-order chi connectivity index (χ1) is 16.2. The van der Waals surface area contributed by atoms with E-state index in [2.05, 4.69) is 41.5 Å². The van der Waals surface area contributed by atoms with E-state index in [0.29, 0.717) is 12.8 Å². The molecule has 0 aromatic heterocycles. The van der Waals surface area contributed by atoms with E-state index in [1.807, 2.05) is 0 Å². The van der Waals surface area contributed by atoms with Crippen molar-refractivity contribution in [1.82, 2.24) is 0 Å². The van der Waals surface area contributed by atoms with E-state index in [1.165, 1.54) is 0 Å². The maximum Gasteiger partial charge on any atom is 0.108 e. The van der Waals surface area contributed by atoms with Gasteiger partial charge in [-0.15, -0.1) is 0 Å². The molecule has 0 bridgehead atoms. The molecule has 35 heavy (non-hydrogen) atoms. The molecule has 0 spiro atoms. The van der Waals surface area contributed by atoms with Crippen LogP contribution in [0.4, 0.5) is 0 Å². The van der Waals surface area contributed by atoms with Crippen LogP contribution in [0, 0.1) is 16.7 Å². The van der Waals surface area contributed by atoms with E-state index in [-0.39, 0.29) is 10.8 Å². The van der Waals surface area contributed by atoms with Crippen LogP contribution in [0.3, 0.4) is 0 Å². The standard InChI is InChI=1S/C14H30O4.C13H28O4/c1-5-7-14(4,6-2)8-11(16)13(18)10(3)12(17)9-15;1-4-6-13(3,7-5-2)8-10(15)12(17)11(16)9-14/h10-13,15-18H,5-9H2,1-4H3;10-12,14-17H,4-9H2,1-3H3. The molecule has 0 aromatic carbocycles. The molecule has 0 rings (SSSR count). The summed E-state index contributed by atoms with van der Waals surface area (Å²) < 4.78 is 0. The van der Waals surface area contributed by atoms with Crippen molar-refractivity contribution < 1.29 is 40.9 Å². The van der Waals surface area contributed by atoms with Gasteiger partial charge in [0.25, 0.3) is 0 Å². The lowest BCUT2D eigenvalue weighted by Gasteiger charge is -2.34. The van der Waals surface area contributed by atoms with Gasteiger partial charge in [-0.1, -0.05) is 74.1 Å². The van der Waals surface area contributed by atoms with Gasteiger partial charge in [0.1, 0.15) is 12.2 Å². The van der Waals surface area contributed by atoms with Crippen LogP contribution in [-0.2, 0) is 0 Å². The maximum atomic E-state index is 10.1. The quantitative estimate of drug-likeness (QED) is 0.139. The van der Waals surface area contributed by atoms with Gasteiger partial charge in [-0.2, -0.15) is 0 Å². The molecule has 0 fully saturated rings. The highest BCUT2D eigenvalue weighted by Crippen LogP contribution is 2.35. The van der Waals surface area contributed by atoms with Crippen LogP contribution in [0.15, 0.2) is 0 Å². The summed E-state index contributed by atoms with van der Waals surface area (Å²) >= 11 is 0. The SMILES string of the molecule is CCCC(C)(CC)CC(O)C(O)C(C)C(O)CO.CCCC(C)(CCC)CC(O)C(O)C(O)CO. The highest BCUT2D eigenvalue weighted by Gasteiger charge is 2.33. The van der Waals surface area contributed by atoms with Gasteiger partial charge in [-0.05, 0) is 42.9 Å². The third-order valence-corrected chi connectivity index (χ3v) is 7.52. The zero-order valence-electron chi connectivity index (χ0n) is 23.4. The highest BCUT2D eigenvalue weighted by molar-refractivity contribution is 4.84. The summed E-state index contributed by atoms with van der Waals surface area (Å²) in [6.45, 7) is 13.3. The Morgan fingerprint density at radius 1 is 0.543 bits per heavy atom. The van der Waals surface area contributed by atoms with Crippen LogP contribution in [0.2, 0.25) is 0 Å². The number of aliphatic hydroxyl groups excluding tert-OH is 8. The van der Waals surface area contributed by atoms with Crippen LogP contribution >= 0.6 is 0 Å². The minimum Gasteiger partial charge on any atom is -0.394 e. The summed E-state index contributed by atoms with van der Waals surface area (Å²) in [6, 6.07) is 0. The largest absolute Gasteiger partial charge is 0.394 e. The molecule has 0 radical (unpaired) electrons. The van der Waals surface area contributed by atoms with Gasteiger partial charge in [-0.3, -0.25) is 0 Å². The molecule has 8 unspecified atom stereocenters. The highest BCUT2D eigenvalue weighted by atomic mass is 16.4. The van der Waals surface area contributed by atoms with Crippen molar-refractivity contribution >= 4 is 0 Å². The second-order valence-corrected chi connectivity index (χ2v) is 11.1. The lowest BCUT2D eigenvalue weighted by Crippen LogP contribution is -2.42. The Kier molecular flexibility index (Phi) is 19.8. The van der Waals surface area contributed by atoms with Gasteiger partial charge in [0.05, 0.1) is 37.6 Å². The van der Waals surface area contributed by atoms with Crippen LogP contribution in [0.5, 0.6) is 0 Å². The fourth-order valence-electron chi connectivity index (χ4n) is 4.92. The van der Waals surface area contributed by atoms with E-state index in [9.17, 15) is 30.6 Å². The second kappa shape index (κ2) is 18.9. The molecule has 214 valence electrons. The van der Waals surface area contributed by atoms with Crippen LogP contribution in [-0.4, -0.2) is 90.7 Å². The summed E-state index contributed by atoms with van der Waals surface area (Å²) in [5.41, 5.74) is -0.00188. The number of aliphatic hydroxyl groups is 8. The van der Waals surface area contributed by atoms with Crippen LogP contribution in [0.1, 0.15) is 106 Å². The van der Waals surface area contributed by atoms with Crippen molar-refractivity contribution in [2.24, 2.45) is 16.7 Å². The molecular formula is C27H58O8. The smallest absolute Gasteiger partial charge is 0.108 e. The molecule has 8 N–H and O–H groups in total. The molecule has 0 aliphatic rings. The first-order valence-electron chi connectivity index (χ1n) is 13.5. The summed E-state index contributed by atoms with van der Waals surface area (Å²) in [5.74, 6) is -0.535. The van der Waals surface area contributed by atoms with Crippen molar-refractivity contribution in [3.63, 3.8) is 0 Å². The Morgan fingerprint density at radius 2 is 0.914 bits per heavy atom. The van der Waals surface area contributed by atoms with E-state index in [4.69, 9.17) is 10.2 Å². The third kappa shape index (κ3) is 14.3. The molecule has 0 aromatic rings. The Hall–Kier alpha value is -0.320. The lowest BCUT2D eigenvalue weighted by atomic mass is 9.75. The van der Waals surface area contributed by atoms with Crippen molar-refractivity contribution in [3.8, 4) is 0 Å². The molecule has 0 aliphatic heterocycles. The Bertz CT molecular complexity index is 500. The van der Waals surface area contributed by atoms with Gasteiger partial charge in [0, 0.05) is 5.92 Å². The molecule has 8 atom stereocenters. The van der Waals surface area contributed by atoms with E-state index in [0.717, 1.165) is 44.9 Å². The van der Waals surface area contributed by atoms with Crippen LogP contribution < -0.4 is 0 Å². The third-order valence-electron chi connectivity index (χ3n) is 7.52. The predicted molar refractivity (Wildman–Crippen MR) is 140 cm³/mol. The van der Waals surface area contributed by atoms with Crippen LogP contribution in [0.25, 0.3) is 0 Å². The molecular weight excluding hydrogens is 452 g/mol. The van der Waals surface area contributed by atoms with Gasteiger partial charge in [0.2, 0.25) is 0 Å². The number of hydrogen-bond acceptors (Lipinski definition) is 8. The summed E-state index contributed by atoms with van der Waals surface area (Å²) in [4.78, 5) is 0. The Balaban J connectivity index is 0. The molecule has 0 heterocycles. The van der Waals surface area contributed by atoms with Crippen molar-refractivity contribution in [2.75, 3.05) is 13.2 Å². The lowest BCUT2D eigenvalue weighted by molar-refractivity contribution is -0.0894. The van der Waals surface area contributed by atoms with E-state index < -0.39 is 55.8 Å². The molecule has 0 saturated carbocycles. The normalized spacial score (nSPS) is 20.0. The van der Waals surface area contributed by atoms with Crippen molar-refractivity contribution in [1.29, 1.82) is 0 Å². The number of hydrogen-bond donors (Lipinski definition) is 8. The van der Waals surface area contributed by atoms with E-state index in [1.54, 1.807) is 6.92 Å². The Labute approximate surface area is 214 Å². The van der Waals surface area contributed by atoms with E-state index >= 15 is 0 Å². The topological polar surface area (TPSA) is 162 Å². The second-order valence-electron chi connectivity index (χ2n) is 11.1. The molecule has 8 nitrogen and oxygen atoms in total. The van der Waals surface area contributed by atoms with Gasteiger partial charge >= 0.3 is 0 Å². The summed E-state index contributed by atoms with van der Waals surface area (Å²) in [6.07, 6.45) is 1.61.